The number of nitrogens with zero attached hydrogens (tertiary/aromatic N) is 4. The summed E-state index contributed by atoms with van der Waals surface area (Å²) in [6.07, 6.45) is 3.45. The molecular weight excluding hydrogens is 226 g/mol. The highest BCUT2D eigenvalue weighted by atomic mass is 15.5. The monoisotopic (exact) mass is 243 g/mol. The van der Waals surface area contributed by atoms with Gasteiger partial charge in [-0.2, -0.15) is 0 Å². The fourth-order valence-electron chi connectivity index (χ4n) is 2.75. The molecule has 1 aromatic carbocycles. The summed E-state index contributed by atoms with van der Waals surface area (Å²) in [6.45, 7) is 1.24. The minimum atomic E-state index is -0.0000694. The zero-order chi connectivity index (χ0) is 12.4. The van der Waals surface area contributed by atoms with Gasteiger partial charge < -0.3 is 5.73 Å². The van der Waals surface area contributed by atoms with Gasteiger partial charge in [0.2, 0.25) is 0 Å². The van der Waals surface area contributed by atoms with Gasteiger partial charge in [0.1, 0.15) is 0 Å². The Morgan fingerprint density at radius 3 is 2.61 bits per heavy atom. The predicted octanol–water partition coefficient (Wildman–Crippen LogP) is 1.10. The van der Waals surface area contributed by atoms with Crippen molar-refractivity contribution in [2.24, 2.45) is 5.73 Å². The Balaban J connectivity index is 2.04. The molecule has 1 fully saturated rings. The van der Waals surface area contributed by atoms with Crippen molar-refractivity contribution in [3.63, 3.8) is 0 Å². The van der Waals surface area contributed by atoms with Gasteiger partial charge in [-0.25, -0.2) is 4.68 Å². The van der Waals surface area contributed by atoms with Gasteiger partial charge in [-0.1, -0.05) is 36.8 Å². The lowest BCUT2D eigenvalue weighted by Crippen LogP contribution is -2.39. The molecule has 2 N–H and O–H groups in total. The lowest BCUT2D eigenvalue weighted by molar-refractivity contribution is 0.271. The summed E-state index contributed by atoms with van der Waals surface area (Å²) in [7, 11) is 0. The lowest BCUT2D eigenvalue weighted by Gasteiger charge is -2.41. The van der Waals surface area contributed by atoms with Crippen molar-refractivity contribution in [1.29, 1.82) is 0 Å². The van der Waals surface area contributed by atoms with Crippen LogP contribution in [0.1, 0.15) is 30.7 Å². The molecule has 1 aromatic heterocycles. The molecule has 0 aliphatic heterocycles. The quantitative estimate of drug-likeness (QED) is 0.873. The first-order chi connectivity index (χ1) is 8.87. The third kappa shape index (κ3) is 1.62. The van der Waals surface area contributed by atoms with E-state index in [0.717, 1.165) is 18.7 Å². The van der Waals surface area contributed by atoms with Crippen molar-refractivity contribution in [2.45, 2.75) is 31.2 Å². The van der Waals surface area contributed by atoms with E-state index in [-0.39, 0.29) is 5.41 Å². The number of aromatic nitrogens is 4. The highest BCUT2D eigenvalue weighted by Crippen LogP contribution is 2.47. The molecule has 1 aliphatic carbocycles. The molecular formula is C13H17N5. The maximum Gasteiger partial charge on any atom is 0.161 e. The standard InChI is InChI=1S/C13H17N5/c14-9-10-18-12(15-16-17-18)13(7-4-8-13)11-5-2-1-3-6-11/h1-3,5-6H,4,7-10,14H2. The zero-order valence-electron chi connectivity index (χ0n) is 10.3. The maximum atomic E-state index is 5.61. The number of nitrogens with two attached hydrogens (primary N) is 1. The van der Waals surface area contributed by atoms with Gasteiger partial charge >= 0.3 is 0 Å². The fourth-order valence-corrected chi connectivity index (χ4v) is 2.75. The van der Waals surface area contributed by atoms with E-state index < -0.39 is 0 Å². The zero-order valence-corrected chi connectivity index (χ0v) is 10.3. The number of hydrogen-bond acceptors (Lipinski definition) is 4. The molecule has 3 rings (SSSR count). The molecule has 2 aromatic rings. The Morgan fingerprint density at radius 1 is 1.22 bits per heavy atom. The Kier molecular flexibility index (Phi) is 2.83. The molecule has 94 valence electrons. The average molecular weight is 243 g/mol. The van der Waals surface area contributed by atoms with E-state index in [0.29, 0.717) is 13.1 Å². The summed E-state index contributed by atoms with van der Waals surface area (Å²) in [5.74, 6) is 0.963. The smallest absolute Gasteiger partial charge is 0.161 e. The summed E-state index contributed by atoms with van der Waals surface area (Å²) in [5.41, 5.74) is 6.92. The summed E-state index contributed by atoms with van der Waals surface area (Å²) in [6, 6.07) is 10.5. The predicted molar refractivity (Wildman–Crippen MR) is 67.9 cm³/mol. The van der Waals surface area contributed by atoms with E-state index in [1.54, 1.807) is 0 Å². The molecule has 1 aliphatic rings. The van der Waals surface area contributed by atoms with E-state index in [2.05, 4.69) is 39.8 Å². The molecule has 0 bridgehead atoms. The molecule has 0 spiro atoms. The van der Waals surface area contributed by atoms with Crippen LogP contribution in [-0.2, 0) is 12.0 Å². The summed E-state index contributed by atoms with van der Waals surface area (Å²) in [4.78, 5) is 0. The number of tetrazole rings is 1. The highest BCUT2D eigenvalue weighted by Gasteiger charge is 2.44. The maximum absolute atomic E-state index is 5.61. The number of rotatable bonds is 4. The van der Waals surface area contributed by atoms with Crippen molar-refractivity contribution in [3.05, 3.63) is 41.7 Å². The first-order valence-corrected chi connectivity index (χ1v) is 6.39. The van der Waals surface area contributed by atoms with E-state index in [1.807, 2.05) is 10.7 Å². The van der Waals surface area contributed by atoms with Gasteiger partial charge in [0.25, 0.3) is 0 Å². The Labute approximate surface area is 106 Å². The minimum Gasteiger partial charge on any atom is -0.329 e. The first kappa shape index (κ1) is 11.3. The normalized spacial score (nSPS) is 17.4. The molecule has 1 heterocycles. The van der Waals surface area contributed by atoms with E-state index in [9.17, 15) is 0 Å². The topological polar surface area (TPSA) is 69.6 Å². The van der Waals surface area contributed by atoms with Gasteiger partial charge in [-0.3, -0.25) is 0 Å². The third-order valence-corrected chi connectivity index (χ3v) is 3.83. The largest absolute Gasteiger partial charge is 0.329 e. The Hall–Kier alpha value is -1.75. The fraction of sp³-hybridized carbons (Fsp3) is 0.462. The van der Waals surface area contributed by atoms with Gasteiger partial charge in [0.05, 0.1) is 12.0 Å². The summed E-state index contributed by atoms with van der Waals surface area (Å²) in [5, 5.41) is 12.1. The molecule has 0 radical (unpaired) electrons. The van der Waals surface area contributed by atoms with E-state index in [4.69, 9.17) is 5.73 Å². The van der Waals surface area contributed by atoms with Crippen LogP contribution in [0.25, 0.3) is 0 Å². The van der Waals surface area contributed by atoms with Crippen LogP contribution in [0.2, 0.25) is 0 Å². The van der Waals surface area contributed by atoms with E-state index in [1.165, 1.54) is 12.0 Å². The molecule has 0 atom stereocenters. The SMILES string of the molecule is NCCn1nnnc1C1(c2ccccc2)CCC1. The van der Waals surface area contributed by atoms with Gasteiger partial charge in [0, 0.05) is 6.54 Å². The van der Waals surface area contributed by atoms with Crippen LogP contribution in [0.5, 0.6) is 0 Å². The van der Waals surface area contributed by atoms with Gasteiger partial charge in [-0.05, 0) is 28.8 Å². The van der Waals surface area contributed by atoms with Crippen LogP contribution in [0.4, 0.5) is 0 Å². The van der Waals surface area contributed by atoms with Crippen LogP contribution in [0, 0.1) is 0 Å². The van der Waals surface area contributed by atoms with E-state index >= 15 is 0 Å². The molecule has 18 heavy (non-hydrogen) atoms. The Bertz CT molecular complexity index is 515. The van der Waals surface area contributed by atoms with Crippen LogP contribution >= 0.6 is 0 Å². The van der Waals surface area contributed by atoms with Crippen LogP contribution < -0.4 is 5.73 Å². The highest BCUT2D eigenvalue weighted by molar-refractivity contribution is 5.35. The second-order valence-electron chi connectivity index (χ2n) is 4.82. The van der Waals surface area contributed by atoms with Gasteiger partial charge in [-0.15, -0.1) is 5.10 Å². The van der Waals surface area contributed by atoms with Crippen molar-refractivity contribution >= 4 is 0 Å². The summed E-state index contributed by atoms with van der Waals surface area (Å²) >= 11 is 0. The molecule has 0 saturated heterocycles. The first-order valence-electron chi connectivity index (χ1n) is 6.39. The molecule has 5 heteroatoms. The van der Waals surface area contributed by atoms with Crippen molar-refractivity contribution in [1.82, 2.24) is 20.2 Å². The average Bonchev–Trinajstić information content (AvgIpc) is 2.79. The molecule has 1 saturated carbocycles. The number of benzene rings is 1. The second-order valence-corrected chi connectivity index (χ2v) is 4.82. The van der Waals surface area contributed by atoms with Crippen molar-refractivity contribution in [2.75, 3.05) is 6.54 Å². The van der Waals surface area contributed by atoms with Gasteiger partial charge in [0.15, 0.2) is 5.82 Å². The van der Waals surface area contributed by atoms with Crippen LogP contribution in [0.15, 0.2) is 30.3 Å². The minimum absolute atomic E-state index is 0.0000694. The second kappa shape index (κ2) is 4.49. The van der Waals surface area contributed by atoms with Crippen molar-refractivity contribution in [3.8, 4) is 0 Å². The Morgan fingerprint density at radius 2 is 2.00 bits per heavy atom. The summed E-state index contributed by atoms with van der Waals surface area (Å²) < 4.78 is 1.85. The molecule has 0 unspecified atom stereocenters. The number of hydrogen-bond donors (Lipinski definition) is 1. The lowest BCUT2D eigenvalue weighted by atomic mass is 9.64. The van der Waals surface area contributed by atoms with Crippen LogP contribution in [0.3, 0.4) is 0 Å². The molecule has 0 amide bonds. The molecule has 5 nitrogen and oxygen atoms in total. The third-order valence-electron chi connectivity index (χ3n) is 3.83. The van der Waals surface area contributed by atoms with Crippen molar-refractivity contribution < 1.29 is 0 Å². The van der Waals surface area contributed by atoms with Crippen LogP contribution in [-0.4, -0.2) is 26.8 Å².